The topological polar surface area (TPSA) is 84.2 Å². The molecule has 1 atom stereocenters. The first-order valence-electron chi connectivity index (χ1n) is 11.8. The molecule has 194 valence electrons. The molecule has 1 aromatic heterocycles. The zero-order chi connectivity index (χ0) is 26.5. The van der Waals surface area contributed by atoms with Gasteiger partial charge in [-0.15, -0.1) is 0 Å². The van der Waals surface area contributed by atoms with E-state index in [-0.39, 0.29) is 46.2 Å². The zero-order valence-corrected chi connectivity index (χ0v) is 20.2. The van der Waals surface area contributed by atoms with Crippen molar-refractivity contribution in [3.8, 4) is 11.3 Å². The standard InChI is InChI=1S/C26H22ClF4N3O3/c27-19-3-1-2-16(13-4-5-13)22(19)24(35)34-21-11-15(32-12-26(29,30)31)7-9-18(21)23(33-34)17-8-6-14(25(36)37)10-20(17)28/h1-3,6,8,10,13,15,32H,4-5,7,9,11-12H2,(H,36,37)/t15-/m0/s1. The number of rotatable bonds is 6. The Bertz CT molecular complexity index is 1400. The van der Waals surface area contributed by atoms with E-state index in [0.717, 1.165) is 29.2 Å². The molecule has 0 unspecified atom stereocenters. The molecular weight excluding hydrogens is 514 g/mol. The Hall–Kier alpha value is -3.24. The Morgan fingerprint density at radius 2 is 1.92 bits per heavy atom. The number of aromatic carboxylic acids is 1. The summed E-state index contributed by atoms with van der Waals surface area (Å²) in [7, 11) is 0. The molecule has 1 saturated carbocycles. The highest BCUT2D eigenvalue weighted by molar-refractivity contribution is 6.34. The second-order valence-electron chi connectivity index (χ2n) is 9.40. The summed E-state index contributed by atoms with van der Waals surface area (Å²) in [5.74, 6) is -2.47. The smallest absolute Gasteiger partial charge is 0.401 e. The number of carboxylic acid groups (broad SMARTS) is 1. The molecule has 0 bridgehead atoms. The number of halogens is 5. The van der Waals surface area contributed by atoms with Crippen LogP contribution in [-0.4, -0.2) is 45.5 Å². The van der Waals surface area contributed by atoms with Crippen molar-refractivity contribution in [1.82, 2.24) is 15.1 Å². The second kappa shape index (κ2) is 9.57. The average Bonchev–Trinajstić information content (AvgIpc) is 3.62. The molecule has 37 heavy (non-hydrogen) atoms. The normalized spacial score (nSPS) is 17.5. The fraction of sp³-hybridized carbons (Fsp3) is 0.346. The minimum atomic E-state index is -4.40. The first-order valence-corrected chi connectivity index (χ1v) is 12.2. The Morgan fingerprint density at radius 1 is 1.16 bits per heavy atom. The first kappa shape index (κ1) is 25.4. The van der Waals surface area contributed by atoms with E-state index >= 15 is 4.39 Å². The number of carboxylic acids is 1. The zero-order valence-electron chi connectivity index (χ0n) is 19.4. The average molecular weight is 536 g/mol. The Labute approximate surface area is 214 Å². The van der Waals surface area contributed by atoms with Crippen LogP contribution >= 0.6 is 11.6 Å². The highest BCUT2D eigenvalue weighted by Crippen LogP contribution is 2.44. The van der Waals surface area contributed by atoms with Gasteiger partial charge in [-0.1, -0.05) is 23.7 Å². The second-order valence-corrected chi connectivity index (χ2v) is 9.81. The number of benzene rings is 2. The van der Waals surface area contributed by atoms with Crippen molar-refractivity contribution in [1.29, 1.82) is 0 Å². The largest absolute Gasteiger partial charge is 0.478 e. The van der Waals surface area contributed by atoms with Crippen LogP contribution in [0.3, 0.4) is 0 Å². The molecule has 1 fully saturated rings. The summed E-state index contributed by atoms with van der Waals surface area (Å²) < 4.78 is 54.6. The molecule has 2 aliphatic carbocycles. The Kier molecular flexibility index (Phi) is 6.57. The SMILES string of the molecule is O=C(O)c1ccc(-c2nn(C(=O)c3c(Cl)cccc3C3CC3)c3c2CC[C@H](NCC(F)(F)F)C3)c(F)c1. The number of nitrogens with zero attached hydrogens (tertiary/aromatic N) is 2. The van der Waals surface area contributed by atoms with Gasteiger partial charge >= 0.3 is 12.1 Å². The van der Waals surface area contributed by atoms with Crippen LogP contribution in [0.2, 0.25) is 5.02 Å². The van der Waals surface area contributed by atoms with Gasteiger partial charge in [0.25, 0.3) is 5.91 Å². The maximum atomic E-state index is 15.0. The predicted octanol–water partition coefficient (Wildman–Crippen LogP) is 5.62. The molecule has 0 spiro atoms. The van der Waals surface area contributed by atoms with Crippen molar-refractivity contribution in [3.63, 3.8) is 0 Å². The minimum Gasteiger partial charge on any atom is -0.478 e. The van der Waals surface area contributed by atoms with Crippen LogP contribution in [0.25, 0.3) is 11.3 Å². The van der Waals surface area contributed by atoms with Crippen LogP contribution in [0.15, 0.2) is 36.4 Å². The lowest BCUT2D eigenvalue weighted by atomic mass is 9.89. The van der Waals surface area contributed by atoms with Gasteiger partial charge in [0.1, 0.15) is 5.82 Å². The molecule has 6 nitrogen and oxygen atoms in total. The third kappa shape index (κ3) is 5.13. The minimum absolute atomic E-state index is 0.0103. The van der Waals surface area contributed by atoms with Gasteiger partial charge in [-0.2, -0.15) is 23.0 Å². The third-order valence-corrected chi connectivity index (χ3v) is 7.12. The van der Waals surface area contributed by atoms with Gasteiger partial charge in [0.05, 0.1) is 34.1 Å². The monoisotopic (exact) mass is 535 g/mol. The van der Waals surface area contributed by atoms with E-state index in [1.165, 1.54) is 12.1 Å². The lowest BCUT2D eigenvalue weighted by Crippen LogP contribution is -2.41. The van der Waals surface area contributed by atoms with Crippen LogP contribution in [0, 0.1) is 5.82 Å². The molecule has 5 rings (SSSR count). The van der Waals surface area contributed by atoms with Crippen LogP contribution in [0.4, 0.5) is 17.6 Å². The lowest BCUT2D eigenvalue weighted by Gasteiger charge is -2.25. The van der Waals surface area contributed by atoms with Crippen molar-refractivity contribution >= 4 is 23.5 Å². The molecule has 0 aliphatic heterocycles. The summed E-state index contributed by atoms with van der Waals surface area (Å²) >= 11 is 6.44. The van der Waals surface area contributed by atoms with Gasteiger partial charge in [-0.25, -0.2) is 9.18 Å². The summed E-state index contributed by atoms with van der Waals surface area (Å²) in [6.45, 7) is -1.18. The third-order valence-electron chi connectivity index (χ3n) is 6.80. The number of alkyl halides is 3. The van der Waals surface area contributed by atoms with Crippen molar-refractivity contribution < 1.29 is 32.3 Å². The maximum Gasteiger partial charge on any atom is 0.401 e. The maximum absolute atomic E-state index is 15.0. The summed E-state index contributed by atoms with van der Waals surface area (Å²) in [5, 5.41) is 16.4. The summed E-state index contributed by atoms with van der Waals surface area (Å²) in [6.07, 6.45) is -1.92. The van der Waals surface area contributed by atoms with Gasteiger partial charge in [-0.05, 0) is 61.4 Å². The molecule has 0 radical (unpaired) electrons. The first-order chi connectivity index (χ1) is 17.5. The molecule has 2 N–H and O–H groups in total. The molecule has 11 heteroatoms. The molecule has 3 aromatic rings. The quantitative estimate of drug-likeness (QED) is 0.401. The molecular formula is C26H22ClF4N3O3. The van der Waals surface area contributed by atoms with E-state index in [0.29, 0.717) is 17.7 Å². The summed E-state index contributed by atoms with van der Waals surface area (Å²) in [4.78, 5) is 25.1. The number of nitrogens with one attached hydrogen (secondary N) is 1. The molecule has 0 saturated heterocycles. The van der Waals surface area contributed by atoms with Crippen LogP contribution in [0.5, 0.6) is 0 Å². The van der Waals surface area contributed by atoms with Crippen molar-refractivity contribution in [3.05, 3.63) is 75.2 Å². The highest BCUT2D eigenvalue weighted by atomic mass is 35.5. The number of fused-ring (bicyclic) bond motifs is 1. The molecule has 1 heterocycles. The highest BCUT2D eigenvalue weighted by Gasteiger charge is 2.35. The van der Waals surface area contributed by atoms with E-state index in [1.54, 1.807) is 12.1 Å². The van der Waals surface area contributed by atoms with Gasteiger partial charge in [0, 0.05) is 23.6 Å². The van der Waals surface area contributed by atoms with Gasteiger partial charge in [-0.3, -0.25) is 4.79 Å². The number of carbonyl (C=O) groups excluding carboxylic acids is 1. The molecule has 0 amide bonds. The number of hydrogen-bond donors (Lipinski definition) is 2. The Balaban J connectivity index is 1.60. The summed E-state index contributed by atoms with van der Waals surface area (Å²) in [6, 6.07) is 8.01. The van der Waals surface area contributed by atoms with E-state index in [2.05, 4.69) is 10.4 Å². The molecule has 2 aromatic carbocycles. The van der Waals surface area contributed by atoms with Crippen LogP contribution in [0.1, 0.15) is 62.7 Å². The van der Waals surface area contributed by atoms with Crippen molar-refractivity contribution in [2.24, 2.45) is 0 Å². The van der Waals surface area contributed by atoms with Gasteiger partial charge < -0.3 is 10.4 Å². The van der Waals surface area contributed by atoms with Crippen molar-refractivity contribution in [2.45, 2.75) is 50.2 Å². The number of aromatic nitrogens is 2. The fourth-order valence-corrected chi connectivity index (χ4v) is 5.14. The lowest BCUT2D eigenvalue weighted by molar-refractivity contribution is -0.126. The van der Waals surface area contributed by atoms with E-state index in [1.807, 2.05) is 6.07 Å². The van der Waals surface area contributed by atoms with Crippen LogP contribution in [-0.2, 0) is 12.8 Å². The van der Waals surface area contributed by atoms with E-state index < -0.39 is 36.5 Å². The number of carbonyl (C=O) groups is 2. The number of hydrogen-bond acceptors (Lipinski definition) is 4. The van der Waals surface area contributed by atoms with Gasteiger partial charge in [0.2, 0.25) is 0 Å². The summed E-state index contributed by atoms with van der Waals surface area (Å²) in [5.41, 5.74) is 1.91. The van der Waals surface area contributed by atoms with Crippen LogP contribution < -0.4 is 5.32 Å². The predicted molar refractivity (Wildman–Crippen MR) is 128 cm³/mol. The van der Waals surface area contributed by atoms with Gasteiger partial charge in [0.15, 0.2) is 0 Å². The van der Waals surface area contributed by atoms with E-state index in [4.69, 9.17) is 11.6 Å². The molecule has 2 aliphatic rings. The fourth-order valence-electron chi connectivity index (χ4n) is 4.88. The van der Waals surface area contributed by atoms with Crippen molar-refractivity contribution in [2.75, 3.05) is 6.54 Å². The van der Waals surface area contributed by atoms with E-state index in [9.17, 15) is 27.9 Å². The Morgan fingerprint density at radius 3 is 2.57 bits per heavy atom.